The van der Waals surface area contributed by atoms with Crippen molar-refractivity contribution in [2.45, 2.75) is 26.4 Å². The van der Waals surface area contributed by atoms with E-state index in [0.29, 0.717) is 5.56 Å². The molecule has 1 N–H and O–H groups in total. The van der Waals surface area contributed by atoms with Crippen LogP contribution in [0.15, 0.2) is 18.2 Å². The zero-order valence-corrected chi connectivity index (χ0v) is 10.8. The van der Waals surface area contributed by atoms with Crippen LogP contribution in [-0.4, -0.2) is 30.3 Å². The number of hydrogen-bond donors (Lipinski definition) is 1. The molecule has 0 saturated carbocycles. The average molecular weight is 288 g/mol. The number of alkyl halides is 2. The summed E-state index contributed by atoms with van der Waals surface area (Å²) < 4.78 is 33.3. The van der Waals surface area contributed by atoms with Gasteiger partial charge >= 0.3 is 18.6 Å². The topological polar surface area (TPSA) is 72.8 Å². The summed E-state index contributed by atoms with van der Waals surface area (Å²) in [4.78, 5) is 22.3. The van der Waals surface area contributed by atoms with Crippen LogP contribution in [0.1, 0.15) is 29.3 Å². The Hall–Kier alpha value is -2.18. The highest BCUT2D eigenvalue weighted by Gasteiger charge is 2.15. The molecule has 0 bridgehead atoms. The molecule has 0 unspecified atom stereocenters. The van der Waals surface area contributed by atoms with E-state index in [0.717, 1.165) is 0 Å². The Labute approximate surface area is 114 Å². The van der Waals surface area contributed by atoms with Gasteiger partial charge in [-0.1, -0.05) is 0 Å². The fourth-order valence-corrected chi connectivity index (χ4v) is 1.60. The van der Waals surface area contributed by atoms with E-state index in [9.17, 15) is 18.4 Å². The molecular weight excluding hydrogens is 274 g/mol. The average Bonchev–Trinajstić information content (AvgIpc) is 2.36. The number of rotatable bonds is 7. The fourth-order valence-electron chi connectivity index (χ4n) is 1.60. The van der Waals surface area contributed by atoms with Gasteiger partial charge in [0.25, 0.3) is 0 Å². The third kappa shape index (κ3) is 4.83. The van der Waals surface area contributed by atoms with Crippen LogP contribution in [0, 0.1) is 0 Å². The summed E-state index contributed by atoms with van der Waals surface area (Å²) >= 11 is 0. The standard InChI is InChI=1S/C13H14F2O5/c1-2-19-12(18)10-5-4-9(20-13(14)15)7-8(10)3-6-11(16)17/h4-5,7,13H,2-3,6H2,1H3,(H,16,17). The number of carbonyl (C=O) groups excluding carboxylic acids is 1. The Kier molecular flexibility index (Phi) is 5.89. The van der Waals surface area contributed by atoms with Gasteiger partial charge in [0.05, 0.1) is 12.2 Å². The number of hydrogen-bond acceptors (Lipinski definition) is 4. The van der Waals surface area contributed by atoms with Crippen molar-refractivity contribution in [3.63, 3.8) is 0 Å². The number of ether oxygens (including phenoxy) is 2. The first-order valence-electron chi connectivity index (χ1n) is 5.90. The van der Waals surface area contributed by atoms with Gasteiger partial charge in [0.1, 0.15) is 5.75 Å². The number of carboxylic acid groups (broad SMARTS) is 1. The Balaban J connectivity index is 3.02. The van der Waals surface area contributed by atoms with E-state index in [1.165, 1.54) is 18.2 Å². The van der Waals surface area contributed by atoms with Crippen LogP contribution >= 0.6 is 0 Å². The van der Waals surface area contributed by atoms with Crippen molar-refractivity contribution in [3.05, 3.63) is 29.3 Å². The molecule has 0 aliphatic carbocycles. The van der Waals surface area contributed by atoms with Gasteiger partial charge in [-0.25, -0.2) is 4.79 Å². The molecule has 0 amide bonds. The number of aryl methyl sites for hydroxylation is 1. The third-order valence-corrected chi connectivity index (χ3v) is 2.41. The Bertz CT molecular complexity index is 488. The number of benzene rings is 1. The first-order chi connectivity index (χ1) is 9.43. The zero-order valence-electron chi connectivity index (χ0n) is 10.8. The Morgan fingerprint density at radius 3 is 2.60 bits per heavy atom. The molecule has 5 nitrogen and oxygen atoms in total. The molecular formula is C13H14F2O5. The van der Waals surface area contributed by atoms with Crippen LogP contribution in [0.4, 0.5) is 8.78 Å². The van der Waals surface area contributed by atoms with Gasteiger partial charge in [-0.2, -0.15) is 8.78 Å². The molecule has 0 radical (unpaired) electrons. The molecule has 0 spiro atoms. The smallest absolute Gasteiger partial charge is 0.387 e. The van der Waals surface area contributed by atoms with E-state index in [2.05, 4.69) is 4.74 Å². The predicted octanol–water partition coefficient (Wildman–Crippen LogP) is 2.48. The van der Waals surface area contributed by atoms with E-state index in [-0.39, 0.29) is 30.8 Å². The summed E-state index contributed by atoms with van der Waals surface area (Å²) in [6.07, 6.45) is -0.214. The number of halogens is 2. The van der Waals surface area contributed by atoms with Gasteiger partial charge in [0, 0.05) is 6.42 Å². The zero-order chi connectivity index (χ0) is 15.1. The van der Waals surface area contributed by atoms with Crippen LogP contribution in [-0.2, 0) is 16.0 Å². The normalized spacial score (nSPS) is 10.4. The first kappa shape index (κ1) is 15.9. The second-order valence-corrected chi connectivity index (χ2v) is 3.81. The molecule has 110 valence electrons. The number of aliphatic carboxylic acids is 1. The molecule has 0 aliphatic heterocycles. The van der Waals surface area contributed by atoms with Crippen molar-refractivity contribution >= 4 is 11.9 Å². The van der Waals surface area contributed by atoms with Gasteiger partial charge in [0.2, 0.25) is 0 Å². The van der Waals surface area contributed by atoms with Crippen molar-refractivity contribution in [2.75, 3.05) is 6.61 Å². The molecule has 0 aromatic heterocycles. The molecule has 0 saturated heterocycles. The van der Waals surface area contributed by atoms with E-state index < -0.39 is 18.6 Å². The second-order valence-electron chi connectivity index (χ2n) is 3.81. The Morgan fingerprint density at radius 2 is 2.05 bits per heavy atom. The van der Waals surface area contributed by atoms with Gasteiger partial charge in [-0.3, -0.25) is 4.79 Å². The van der Waals surface area contributed by atoms with Gasteiger partial charge in [-0.15, -0.1) is 0 Å². The maximum Gasteiger partial charge on any atom is 0.387 e. The Morgan fingerprint density at radius 1 is 1.35 bits per heavy atom. The second kappa shape index (κ2) is 7.42. The molecule has 20 heavy (non-hydrogen) atoms. The molecule has 0 aliphatic rings. The van der Waals surface area contributed by atoms with E-state index in [1.54, 1.807) is 6.92 Å². The summed E-state index contributed by atoms with van der Waals surface area (Å²) in [5, 5.41) is 8.65. The minimum absolute atomic E-state index is 0.0178. The van der Waals surface area contributed by atoms with Crippen molar-refractivity contribution in [2.24, 2.45) is 0 Å². The number of esters is 1. The molecule has 1 rings (SSSR count). The highest BCUT2D eigenvalue weighted by molar-refractivity contribution is 5.91. The van der Waals surface area contributed by atoms with E-state index in [1.807, 2.05) is 0 Å². The van der Waals surface area contributed by atoms with Crippen LogP contribution < -0.4 is 4.74 Å². The summed E-state index contributed by atoms with van der Waals surface area (Å²) in [5.41, 5.74) is 0.443. The summed E-state index contributed by atoms with van der Waals surface area (Å²) in [6, 6.07) is 3.72. The van der Waals surface area contributed by atoms with Gasteiger partial charge in [0.15, 0.2) is 0 Å². The number of carbonyl (C=O) groups is 2. The predicted molar refractivity (Wildman–Crippen MR) is 65.0 cm³/mol. The molecule has 1 aromatic carbocycles. The van der Waals surface area contributed by atoms with Crippen molar-refractivity contribution in [3.8, 4) is 5.75 Å². The lowest BCUT2D eigenvalue weighted by atomic mass is 10.0. The highest BCUT2D eigenvalue weighted by atomic mass is 19.3. The van der Waals surface area contributed by atoms with Crippen molar-refractivity contribution in [1.82, 2.24) is 0 Å². The maximum absolute atomic E-state index is 12.1. The van der Waals surface area contributed by atoms with Crippen molar-refractivity contribution in [1.29, 1.82) is 0 Å². The maximum atomic E-state index is 12.1. The molecule has 0 atom stereocenters. The van der Waals surface area contributed by atoms with Crippen LogP contribution in [0.2, 0.25) is 0 Å². The van der Waals surface area contributed by atoms with Crippen LogP contribution in [0.3, 0.4) is 0 Å². The minimum Gasteiger partial charge on any atom is -0.481 e. The quantitative estimate of drug-likeness (QED) is 0.780. The highest BCUT2D eigenvalue weighted by Crippen LogP contribution is 2.22. The molecule has 7 heteroatoms. The van der Waals surface area contributed by atoms with Gasteiger partial charge in [-0.05, 0) is 37.1 Å². The summed E-state index contributed by atoms with van der Waals surface area (Å²) in [7, 11) is 0. The van der Waals surface area contributed by atoms with Gasteiger partial charge < -0.3 is 14.6 Å². The van der Waals surface area contributed by atoms with E-state index >= 15 is 0 Å². The lowest BCUT2D eigenvalue weighted by molar-refractivity contribution is -0.136. The number of carboxylic acids is 1. The van der Waals surface area contributed by atoms with Crippen LogP contribution in [0.5, 0.6) is 5.75 Å². The lowest BCUT2D eigenvalue weighted by Crippen LogP contribution is -2.10. The van der Waals surface area contributed by atoms with Crippen LogP contribution in [0.25, 0.3) is 0 Å². The molecule has 0 fully saturated rings. The monoisotopic (exact) mass is 288 g/mol. The third-order valence-electron chi connectivity index (χ3n) is 2.41. The van der Waals surface area contributed by atoms with Crippen molar-refractivity contribution < 1.29 is 33.0 Å². The molecule has 0 heterocycles. The molecule has 1 aromatic rings. The largest absolute Gasteiger partial charge is 0.481 e. The first-order valence-corrected chi connectivity index (χ1v) is 5.90. The lowest BCUT2D eigenvalue weighted by Gasteiger charge is -2.11. The SMILES string of the molecule is CCOC(=O)c1ccc(OC(F)F)cc1CCC(=O)O. The van der Waals surface area contributed by atoms with E-state index in [4.69, 9.17) is 9.84 Å². The fraction of sp³-hybridized carbons (Fsp3) is 0.385. The summed E-state index contributed by atoms with van der Waals surface area (Å²) in [5.74, 6) is -1.81. The summed E-state index contributed by atoms with van der Waals surface area (Å²) in [6.45, 7) is -1.20. The minimum atomic E-state index is -2.99.